The molecule has 0 aliphatic heterocycles. The van der Waals surface area contributed by atoms with E-state index in [1.807, 2.05) is 18.2 Å². The third-order valence-electron chi connectivity index (χ3n) is 3.61. The van der Waals surface area contributed by atoms with Crippen molar-refractivity contribution in [3.05, 3.63) is 64.8 Å². The van der Waals surface area contributed by atoms with Gasteiger partial charge in [-0.3, -0.25) is 4.79 Å². The van der Waals surface area contributed by atoms with Crippen LogP contribution >= 0.6 is 11.6 Å². The number of carbonyl (C=O) groups excluding carboxylic acids is 1. The Hall–Kier alpha value is -2.93. The molecule has 0 bridgehead atoms. The summed E-state index contributed by atoms with van der Waals surface area (Å²) in [5.41, 5.74) is 0.568. The van der Waals surface area contributed by atoms with Gasteiger partial charge in [-0.05, 0) is 24.3 Å². The molecule has 3 rings (SSSR count). The van der Waals surface area contributed by atoms with Crippen molar-refractivity contribution in [3.63, 3.8) is 0 Å². The Morgan fingerprint density at radius 1 is 1.31 bits per heavy atom. The van der Waals surface area contributed by atoms with E-state index in [4.69, 9.17) is 20.9 Å². The highest BCUT2D eigenvalue weighted by Gasteiger charge is 2.16. The van der Waals surface area contributed by atoms with Gasteiger partial charge in [0.1, 0.15) is 11.6 Å². The molecule has 6 nitrogen and oxygen atoms in total. The molecule has 0 aliphatic rings. The van der Waals surface area contributed by atoms with Gasteiger partial charge in [0.2, 0.25) is 11.7 Å². The van der Waals surface area contributed by atoms with Gasteiger partial charge < -0.3 is 14.6 Å². The van der Waals surface area contributed by atoms with Crippen molar-refractivity contribution >= 4 is 17.5 Å². The first-order valence-electron chi connectivity index (χ1n) is 7.77. The fraction of sp³-hybridized carbons (Fsp3) is 0.167. The molecule has 26 heavy (non-hydrogen) atoms. The first kappa shape index (κ1) is 17.9. The standard InChI is InChI=1S/C18H15ClFN3O3/c1-25-12-5-2-4-11(10-12)17-22-15(26-23-17)8-9-21-18(24)16-13(19)6-3-7-14(16)20/h2-7,10H,8-9H2,1H3,(H,21,24). The molecule has 3 aromatic rings. The van der Waals surface area contributed by atoms with Crippen LogP contribution in [-0.2, 0) is 6.42 Å². The molecule has 0 radical (unpaired) electrons. The van der Waals surface area contributed by atoms with E-state index in [0.29, 0.717) is 23.9 Å². The minimum Gasteiger partial charge on any atom is -0.497 e. The van der Waals surface area contributed by atoms with Gasteiger partial charge in [-0.2, -0.15) is 4.98 Å². The summed E-state index contributed by atoms with van der Waals surface area (Å²) in [5.74, 6) is 0.182. The number of carbonyl (C=O) groups is 1. The van der Waals surface area contributed by atoms with Crippen LogP contribution in [0.1, 0.15) is 16.2 Å². The molecular weight excluding hydrogens is 361 g/mol. The molecule has 0 unspecified atom stereocenters. The Kier molecular flexibility index (Phi) is 5.48. The molecule has 8 heteroatoms. The lowest BCUT2D eigenvalue weighted by atomic mass is 10.2. The highest BCUT2D eigenvalue weighted by molar-refractivity contribution is 6.33. The van der Waals surface area contributed by atoms with E-state index in [1.54, 1.807) is 13.2 Å². The number of benzene rings is 2. The first-order valence-corrected chi connectivity index (χ1v) is 8.15. The maximum absolute atomic E-state index is 13.7. The Bertz CT molecular complexity index is 909. The van der Waals surface area contributed by atoms with Crippen molar-refractivity contribution < 1.29 is 18.4 Å². The summed E-state index contributed by atoms with van der Waals surface area (Å²) in [5, 5.41) is 6.55. The maximum atomic E-state index is 13.7. The van der Waals surface area contributed by atoms with Gasteiger partial charge in [-0.15, -0.1) is 0 Å². The van der Waals surface area contributed by atoms with Gasteiger partial charge in [-0.25, -0.2) is 4.39 Å². The lowest BCUT2D eigenvalue weighted by Gasteiger charge is -2.06. The molecule has 1 heterocycles. The van der Waals surface area contributed by atoms with E-state index in [2.05, 4.69) is 15.5 Å². The minimum atomic E-state index is -0.673. The molecule has 2 aromatic carbocycles. The van der Waals surface area contributed by atoms with Crippen molar-refractivity contribution in [1.82, 2.24) is 15.5 Å². The van der Waals surface area contributed by atoms with E-state index >= 15 is 0 Å². The number of nitrogens with zero attached hydrogens (tertiary/aromatic N) is 2. The molecule has 0 spiro atoms. The number of ether oxygens (including phenoxy) is 1. The summed E-state index contributed by atoms with van der Waals surface area (Å²) in [6, 6.07) is 11.3. The molecule has 1 amide bonds. The van der Waals surface area contributed by atoms with Gasteiger partial charge in [0.05, 0.1) is 17.7 Å². The average molecular weight is 376 g/mol. The first-order chi connectivity index (χ1) is 12.6. The number of hydrogen-bond donors (Lipinski definition) is 1. The molecule has 0 aliphatic carbocycles. The second kappa shape index (κ2) is 7.97. The lowest BCUT2D eigenvalue weighted by Crippen LogP contribution is -2.27. The van der Waals surface area contributed by atoms with Crippen LogP contribution in [0.25, 0.3) is 11.4 Å². The predicted molar refractivity (Wildman–Crippen MR) is 93.7 cm³/mol. The Morgan fingerprint density at radius 2 is 2.12 bits per heavy atom. The number of nitrogens with one attached hydrogen (secondary N) is 1. The van der Waals surface area contributed by atoms with Crippen molar-refractivity contribution in [1.29, 1.82) is 0 Å². The Balaban J connectivity index is 1.61. The van der Waals surface area contributed by atoms with E-state index in [0.717, 1.165) is 5.56 Å². The number of aromatic nitrogens is 2. The average Bonchev–Trinajstić information content (AvgIpc) is 3.10. The predicted octanol–water partition coefficient (Wildman–Crippen LogP) is 3.51. The zero-order valence-corrected chi connectivity index (χ0v) is 14.6. The zero-order chi connectivity index (χ0) is 18.5. The van der Waals surface area contributed by atoms with Gasteiger partial charge in [0.15, 0.2) is 0 Å². The molecule has 0 saturated carbocycles. The van der Waals surface area contributed by atoms with Crippen LogP contribution in [0.3, 0.4) is 0 Å². The second-order valence-corrected chi connectivity index (χ2v) is 5.75. The van der Waals surface area contributed by atoms with Crippen LogP contribution in [0.2, 0.25) is 5.02 Å². The molecule has 0 saturated heterocycles. The summed E-state index contributed by atoms with van der Waals surface area (Å²) in [4.78, 5) is 16.3. The molecule has 0 fully saturated rings. The second-order valence-electron chi connectivity index (χ2n) is 5.35. The van der Waals surface area contributed by atoms with Crippen molar-refractivity contribution in [2.24, 2.45) is 0 Å². The fourth-order valence-electron chi connectivity index (χ4n) is 2.32. The van der Waals surface area contributed by atoms with Crippen LogP contribution < -0.4 is 10.1 Å². The molecule has 1 aromatic heterocycles. The monoisotopic (exact) mass is 375 g/mol. The molecule has 0 atom stereocenters. The summed E-state index contributed by atoms with van der Waals surface area (Å²) >= 11 is 5.86. The third kappa shape index (κ3) is 4.00. The zero-order valence-electron chi connectivity index (χ0n) is 13.8. The number of hydrogen-bond acceptors (Lipinski definition) is 5. The van der Waals surface area contributed by atoms with Crippen LogP contribution in [0.4, 0.5) is 4.39 Å². The largest absolute Gasteiger partial charge is 0.497 e. The summed E-state index contributed by atoms with van der Waals surface area (Å²) in [7, 11) is 1.57. The van der Waals surface area contributed by atoms with E-state index in [9.17, 15) is 9.18 Å². The Morgan fingerprint density at radius 3 is 2.88 bits per heavy atom. The fourth-order valence-corrected chi connectivity index (χ4v) is 2.57. The van der Waals surface area contributed by atoms with E-state index < -0.39 is 11.7 Å². The number of amides is 1. The van der Waals surface area contributed by atoms with E-state index in [1.165, 1.54) is 18.2 Å². The maximum Gasteiger partial charge on any atom is 0.255 e. The molecule has 134 valence electrons. The van der Waals surface area contributed by atoms with Crippen molar-refractivity contribution in [3.8, 4) is 17.1 Å². The van der Waals surface area contributed by atoms with Crippen LogP contribution in [0.15, 0.2) is 47.0 Å². The van der Waals surface area contributed by atoms with Gasteiger partial charge >= 0.3 is 0 Å². The normalized spacial score (nSPS) is 10.6. The molecule has 1 N–H and O–H groups in total. The van der Waals surface area contributed by atoms with Crippen LogP contribution in [0.5, 0.6) is 5.75 Å². The smallest absolute Gasteiger partial charge is 0.255 e. The summed E-state index contributed by atoms with van der Waals surface area (Å²) < 4.78 is 24.0. The highest BCUT2D eigenvalue weighted by atomic mass is 35.5. The number of halogens is 2. The summed E-state index contributed by atoms with van der Waals surface area (Å²) in [6.07, 6.45) is 0.300. The highest BCUT2D eigenvalue weighted by Crippen LogP contribution is 2.21. The third-order valence-corrected chi connectivity index (χ3v) is 3.93. The van der Waals surface area contributed by atoms with Crippen LogP contribution in [-0.4, -0.2) is 29.7 Å². The van der Waals surface area contributed by atoms with Crippen LogP contribution in [0, 0.1) is 5.82 Å². The SMILES string of the molecule is COc1cccc(-c2noc(CCNC(=O)c3c(F)cccc3Cl)n2)c1. The molecular formula is C18H15ClFN3O3. The quantitative estimate of drug-likeness (QED) is 0.713. The summed E-state index contributed by atoms with van der Waals surface area (Å²) in [6.45, 7) is 0.198. The number of methoxy groups -OCH3 is 1. The topological polar surface area (TPSA) is 77.3 Å². The van der Waals surface area contributed by atoms with Crippen molar-refractivity contribution in [2.75, 3.05) is 13.7 Å². The Labute approximate surface area is 153 Å². The van der Waals surface area contributed by atoms with Gasteiger partial charge in [-0.1, -0.05) is 35.0 Å². The van der Waals surface area contributed by atoms with Gasteiger partial charge in [0, 0.05) is 18.5 Å². The van der Waals surface area contributed by atoms with Gasteiger partial charge in [0.25, 0.3) is 5.91 Å². The van der Waals surface area contributed by atoms with Crippen molar-refractivity contribution in [2.45, 2.75) is 6.42 Å². The van der Waals surface area contributed by atoms with E-state index in [-0.39, 0.29) is 17.1 Å². The lowest BCUT2D eigenvalue weighted by molar-refractivity contribution is 0.0949. The minimum absolute atomic E-state index is 0.0561. The number of rotatable bonds is 6.